The van der Waals surface area contributed by atoms with Crippen LogP contribution in [0.1, 0.15) is 18.9 Å². The number of rotatable bonds is 6. The molecule has 0 saturated carbocycles. The zero-order valence-corrected chi connectivity index (χ0v) is 12.3. The van der Waals surface area contributed by atoms with Crippen molar-refractivity contribution in [2.75, 3.05) is 14.2 Å². The Labute approximate surface area is 119 Å². The highest BCUT2D eigenvalue weighted by Crippen LogP contribution is 2.24. The minimum atomic E-state index is -0.464. The van der Waals surface area contributed by atoms with Crippen LogP contribution < -0.4 is 20.5 Å². The third kappa shape index (κ3) is 4.96. The number of amides is 1. The molecule has 0 heterocycles. The first kappa shape index (κ1) is 17.5. The van der Waals surface area contributed by atoms with E-state index in [4.69, 9.17) is 15.2 Å². The second kappa shape index (κ2) is 8.61. The van der Waals surface area contributed by atoms with Crippen molar-refractivity contribution in [3.05, 3.63) is 23.8 Å². The smallest absolute Gasteiger partial charge is 0.237 e. The standard InChI is InChI=1S/C13H20N2O3.ClH/c1-4-11(14)13(16)15-8-9-5-6-10(17-2)7-12(9)18-3;/h5-7,11H,4,8,14H2,1-3H3,(H,15,16);1H/t11-;/m0./s1. The maximum atomic E-state index is 11.6. The highest BCUT2D eigenvalue weighted by atomic mass is 35.5. The predicted molar refractivity (Wildman–Crippen MR) is 76.9 cm³/mol. The van der Waals surface area contributed by atoms with E-state index < -0.39 is 6.04 Å². The van der Waals surface area contributed by atoms with Crippen molar-refractivity contribution in [3.8, 4) is 11.5 Å². The Bertz CT molecular complexity index is 413. The number of hydrogen-bond donors (Lipinski definition) is 2. The molecule has 0 aliphatic heterocycles. The van der Waals surface area contributed by atoms with Gasteiger partial charge in [0.05, 0.1) is 20.3 Å². The van der Waals surface area contributed by atoms with E-state index in [0.717, 1.165) is 5.56 Å². The van der Waals surface area contributed by atoms with Crippen LogP contribution in [0.25, 0.3) is 0 Å². The fraction of sp³-hybridized carbons (Fsp3) is 0.462. The highest BCUT2D eigenvalue weighted by Gasteiger charge is 2.11. The first-order valence-corrected chi connectivity index (χ1v) is 5.86. The summed E-state index contributed by atoms with van der Waals surface area (Å²) in [6.45, 7) is 2.26. The van der Waals surface area contributed by atoms with E-state index in [1.54, 1.807) is 20.3 Å². The molecule has 0 spiro atoms. The molecule has 108 valence electrons. The second-order valence-electron chi connectivity index (χ2n) is 3.91. The van der Waals surface area contributed by atoms with Crippen LogP contribution in [-0.4, -0.2) is 26.2 Å². The molecule has 1 aromatic rings. The molecule has 3 N–H and O–H groups in total. The van der Waals surface area contributed by atoms with Crippen molar-refractivity contribution in [2.45, 2.75) is 25.9 Å². The second-order valence-corrected chi connectivity index (χ2v) is 3.91. The van der Waals surface area contributed by atoms with Gasteiger partial charge in [0.2, 0.25) is 5.91 Å². The fourth-order valence-corrected chi connectivity index (χ4v) is 1.50. The molecule has 1 amide bonds. The van der Waals surface area contributed by atoms with Gasteiger partial charge in [-0.2, -0.15) is 0 Å². The van der Waals surface area contributed by atoms with Crippen molar-refractivity contribution < 1.29 is 14.3 Å². The SMILES string of the molecule is CC[C@H](N)C(=O)NCc1ccc(OC)cc1OC.Cl. The average Bonchev–Trinajstić information content (AvgIpc) is 2.43. The fourth-order valence-electron chi connectivity index (χ4n) is 1.50. The topological polar surface area (TPSA) is 73.6 Å². The van der Waals surface area contributed by atoms with Crippen LogP contribution in [0.4, 0.5) is 0 Å². The lowest BCUT2D eigenvalue weighted by atomic mass is 10.1. The molecule has 5 nitrogen and oxygen atoms in total. The van der Waals surface area contributed by atoms with Gasteiger partial charge in [0.15, 0.2) is 0 Å². The quantitative estimate of drug-likeness (QED) is 0.831. The molecule has 1 rings (SSSR count). The first-order chi connectivity index (χ1) is 8.62. The van der Waals surface area contributed by atoms with Gasteiger partial charge in [-0.15, -0.1) is 12.4 Å². The Morgan fingerprint density at radius 2 is 2.05 bits per heavy atom. The Kier molecular flexibility index (Phi) is 7.95. The molecular formula is C13H21ClN2O3. The number of nitrogens with one attached hydrogen (secondary N) is 1. The molecule has 0 saturated heterocycles. The van der Waals surface area contributed by atoms with Crippen LogP contribution in [-0.2, 0) is 11.3 Å². The lowest BCUT2D eigenvalue weighted by molar-refractivity contribution is -0.122. The van der Waals surface area contributed by atoms with Crippen molar-refractivity contribution >= 4 is 18.3 Å². The zero-order valence-electron chi connectivity index (χ0n) is 11.4. The molecule has 19 heavy (non-hydrogen) atoms. The van der Waals surface area contributed by atoms with Gasteiger partial charge >= 0.3 is 0 Å². The summed E-state index contributed by atoms with van der Waals surface area (Å²) in [6, 6.07) is 5.00. The minimum absolute atomic E-state index is 0. The van der Waals surface area contributed by atoms with E-state index in [9.17, 15) is 4.79 Å². The Hall–Kier alpha value is -1.46. The number of hydrogen-bond acceptors (Lipinski definition) is 4. The van der Waals surface area contributed by atoms with E-state index in [-0.39, 0.29) is 18.3 Å². The van der Waals surface area contributed by atoms with Gasteiger partial charge in [0.25, 0.3) is 0 Å². The minimum Gasteiger partial charge on any atom is -0.497 e. The maximum absolute atomic E-state index is 11.6. The van der Waals surface area contributed by atoms with Crippen molar-refractivity contribution in [2.24, 2.45) is 5.73 Å². The maximum Gasteiger partial charge on any atom is 0.237 e. The summed E-state index contributed by atoms with van der Waals surface area (Å²) in [5, 5.41) is 2.78. The zero-order chi connectivity index (χ0) is 13.5. The number of carbonyl (C=O) groups excluding carboxylic acids is 1. The number of ether oxygens (including phenoxy) is 2. The van der Waals surface area contributed by atoms with Crippen molar-refractivity contribution in [1.82, 2.24) is 5.32 Å². The Morgan fingerprint density at radius 3 is 2.58 bits per heavy atom. The summed E-state index contributed by atoms with van der Waals surface area (Å²) in [7, 11) is 3.17. The number of benzene rings is 1. The van der Waals surface area contributed by atoms with E-state index in [1.165, 1.54) is 0 Å². The highest BCUT2D eigenvalue weighted by molar-refractivity contribution is 5.85. The van der Waals surface area contributed by atoms with Crippen molar-refractivity contribution in [1.29, 1.82) is 0 Å². The third-order valence-electron chi connectivity index (χ3n) is 2.72. The summed E-state index contributed by atoms with van der Waals surface area (Å²) in [5.41, 5.74) is 6.52. The Morgan fingerprint density at radius 1 is 1.37 bits per heavy atom. The van der Waals surface area contributed by atoms with Crippen LogP contribution in [0.5, 0.6) is 11.5 Å². The number of methoxy groups -OCH3 is 2. The summed E-state index contributed by atoms with van der Waals surface area (Å²) in [6.07, 6.45) is 0.617. The molecule has 1 atom stereocenters. The third-order valence-corrected chi connectivity index (χ3v) is 2.72. The number of halogens is 1. The molecule has 0 aromatic heterocycles. The largest absolute Gasteiger partial charge is 0.497 e. The number of nitrogens with two attached hydrogens (primary N) is 1. The van der Waals surface area contributed by atoms with Gasteiger partial charge in [-0.25, -0.2) is 0 Å². The molecule has 0 unspecified atom stereocenters. The first-order valence-electron chi connectivity index (χ1n) is 5.86. The van der Waals surface area contributed by atoms with Gasteiger partial charge in [-0.1, -0.05) is 6.92 Å². The molecule has 0 fully saturated rings. The van der Waals surface area contributed by atoms with Gasteiger partial charge < -0.3 is 20.5 Å². The van der Waals surface area contributed by atoms with Crippen LogP contribution in [0.2, 0.25) is 0 Å². The summed E-state index contributed by atoms with van der Waals surface area (Å²) in [4.78, 5) is 11.6. The summed E-state index contributed by atoms with van der Waals surface area (Å²) < 4.78 is 10.3. The molecule has 6 heteroatoms. The molecular weight excluding hydrogens is 268 g/mol. The number of carbonyl (C=O) groups is 1. The van der Waals surface area contributed by atoms with Gasteiger partial charge in [0.1, 0.15) is 11.5 Å². The molecule has 0 aliphatic rings. The summed E-state index contributed by atoms with van der Waals surface area (Å²) >= 11 is 0. The Balaban J connectivity index is 0.00000324. The monoisotopic (exact) mass is 288 g/mol. The van der Waals surface area contributed by atoms with Crippen LogP contribution in [0.15, 0.2) is 18.2 Å². The molecule has 0 aliphatic carbocycles. The van der Waals surface area contributed by atoms with Gasteiger partial charge in [0, 0.05) is 18.2 Å². The van der Waals surface area contributed by atoms with Crippen LogP contribution in [0, 0.1) is 0 Å². The lowest BCUT2D eigenvalue weighted by Crippen LogP contribution is -2.39. The van der Waals surface area contributed by atoms with E-state index in [2.05, 4.69) is 5.32 Å². The van der Waals surface area contributed by atoms with Crippen LogP contribution in [0.3, 0.4) is 0 Å². The van der Waals surface area contributed by atoms with Crippen molar-refractivity contribution in [3.63, 3.8) is 0 Å². The average molecular weight is 289 g/mol. The normalized spacial score (nSPS) is 11.2. The molecule has 0 radical (unpaired) electrons. The molecule has 1 aromatic carbocycles. The van der Waals surface area contributed by atoms with Gasteiger partial charge in [-0.3, -0.25) is 4.79 Å². The lowest BCUT2D eigenvalue weighted by Gasteiger charge is -2.13. The van der Waals surface area contributed by atoms with Gasteiger partial charge in [-0.05, 0) is 18.6 Å². The predicted octanol–water partition coefficient (Wildman–Crippen LogP) is 1.48. The molecule has 0 bridgehead atoms. The van der Waals surface area contributed by atoms with Crippen LogP contribution >= 0.6 is 12.4 Å². The van der Waals surface area contributed by atoms with E-state index >= 15 is 0 Å². The van der Waals surface area contributed by atoms with E-state index in [0.29, 0.717) is 24.5 Å². The summed E-state index contributed by atoms with van der Waals surface area (Å²) in [5.74, 6) is 1.24. The van der Waals surface area contributed by atoms with E-state index in [1.807, 2.05) is 19.1 Å².